The molecular weight excluding hydrogens is 228 g/mol. The van der Waals surface area contributed by atoms with Crippen LogP contribution in [0.5, 0.6) is 0 Å². The monoisotopic (exact) mass is 242 g/mol. The molecule has 0 N–H and O–H groups in total. The van der Waals surface area contributed by atoms with Crippen molar-refractivity contribution in [3.8, 4) is 0 Å². The molecular formula is C12H15ClOS. The lowest BCUT2D eigenvalue weighted by Gasteiger charge is -2.28. The number of hydrogen-bond acceptors (Lipinski definition) is 2. The normalized spacial score (nSPS) is 26.5. The Morgan fingerprint density at radius 1 is 1.47 bits per heavy atom. The van der Waals surface area contributed by atoms with E-state index in [-0.39, 0.29) is 0 Å². The molecule has 2 atom stereocenters. The van der Waals surface area contributed by atoms with Gasteiger partial charge in [0.15, 0.2) is 0 Å². The molecule has 1 nitrogen and oxygen atoms in total. The molecule has 0 aliphatic carbocycles. The minimum absolute atomic E-state index is 0.456. The number of rotatable bonds is 2. The highest BCUT2D eigenvalue weighted by Gasteiger charge is 2.22. The molecule has 2 rings (SSSR count). The molecule has 1 aromatic rings. The van der Waals surface area contributed by atoms with Crippen molar-refractivity contribution in [3.05, 3.63) is 34.9 Å². The highest BCUT2D eigenvalue weighted by Crippen LogP contribution is 2.24. The Bertz CT molecular complexity index is 329. The van der Waals surface area contributed by atoms with E-state index in [9.17, 15) is 0 Å². The van der Waals surface area contributed by atoms with Crippen LogP contribution in [0.2, 0.25) is 5.02 Å². The Labute approximate surface area is 101 Å². The summed E-state index contributed by atoms with van der Waals surface area (Å²) in [6, 6.07) is 8.03. The van der Waals surface area contributed by atoms with Crippen LogP contribution in [0, 0.1) is 5.92 Å². The molecule has 0 aromatic heterocycles. The minimum atomic E-state index is 0.456. The van der Waals surface area contributed by atoms with Gasteiger partial charge in [-0.3, -0.25) is 0 Å². The van der Waals surface area contributed by atoms with Gasteiger partial charge in [0.25, 0.3) is 0 Å². The van der Waals surface area contributed by atoms with Gasteiger partial charge in [-0.15, -0.1) is 0 Å². The van der Waals surface area contributed by atoms with Crippen molar-refractivity contribution < 1.29 is 4.74 Å². The number of thiol groups is 1. The van der Waals surface area contributed by atoms with Gasteiger partial charge in [-0.2, -0.15) is 12.6 Å². The fourth-order valence-corrected chi connectivity index (χ4v) is 2.46. The zero-order chi connectivity index (χ0) is 10.7. The van der Waals surface area contributed by atoms with Crippen LogP contribution in [0.3, 0.4) is 0 Å². The molecule has 0 spiro atoms. The molecule has 0 bridgehead atoms. The van der Waals surface area contributed by atoms with E-state index in [4.69, 9.17) is 16.3 Å². The molecule has 82 valence electrons. The summed E-state index contributed by atoms with van der Waals surface area (Å²) in [5, 5.41) is 1.26. The summed E-state index contributed by atoms with van der Waals surface area (Å²) < 4.78 is 5.47. The average molecular weight is 243 g/mol. The van der Waals surface area contributed by atoms with Crippen molar-refractivity contribution in [1.82, 2.24) is 0 Å². The Morgan fingerprint density at radius 2 is 2.33 bits per heavy atom. The van der Waals surface area contributed by atoms with Crippen LogP contribution in [0.4, 0.5) is 0 Å². The number of ether oxygens (including phenoxy) is 1. The molecule has 1 aromatic carbocycles. The summed E-state index contributed by atoms with van der Waals surface area (Å²) in [5.74, 6) is 0.514. The quantitative estimate of drug-likeness (QED) is 0.784. The van der Waals surface area contributed by atoms with Crippen molar-refractivity contribution in [3.63, 3.8) is 0 Å². The largest absolute Gasteiger partial charge is 0.381 e. The van der Waals surface area contributed by atoms with E-state index in [2.05, 4.69) is 18.7 Å². The predicted octanol–water partition coefficient (Wildman–Crippen LogP) is 3.22. The molecule has 15 heavy (non-hydrogen) atoms. The van der Waals surface area contributed by atoms with Crippen molar-refractivity contribution >= 4 is 24.2 Å². The smallest absolute Gasteiger partial charge is 0.0507 e. The Hall–Kier alpha value is -0.180. The highest BCUT2D eigenvalue weighted by molar-refractivity contribution is 7.81. The predicted molar refractivity (Wildman–Crippen MR) is 66.9 cm³/mol. The van der Waals surface area contributed by atoms with Crippen LogP contribution >= 0.6 is 24.2 Å². The van der Waals surface area contributed by atoms with E-state index in [1.807, 2.05) is 18.2 Å². The van der Waals surface area contributed by atoms with Crippen LogP contribution in [-0.4, -0.2) is 18.5 Å². The first-order valence-electron chi connectivity index (χ1n) is 5.26. The van der Waals surface area contributed by atoms with Crippen molar-refractivity contribution in [2.24, 2.45) is 5.92 Å². The summed E-state index contributed by atoms with van der Waals surface area (Å²) in [7, 11) is 0. The first kappa shape index (κ1) is 11.3. The van der Waals surface area contributed by atoms with Crippen LogP contribution in [-0.2, 0) is 11.2 Å². The van der Waals surface area contributed by atoms with E-state index in [0.717, 1.165) is 31.1 Å². The first-order chi connectivity index (χ1) is 7.25. The standard InChI is InChI=1S/C12H15ClOS/c13-11-3-1-2-9(7-11)6-10-8-14-5-4-12(10)15/h1-3,7,10,12,15H,4-6,8H2/t10-,12-/m0/s1. The zero-order valence-corrected chi connectivity index (χ0v) is 10.2. The van der Waals surface area contributed by atoms with E-state index in [1.165, 1.54) is 5.56 Å². The second-order valence-electron chi connectivity index (χ2n) is 4.03. The fraction of sp³-hybridized carbons (Fsp3) is 0.500. The number of benzene rings is 1. The van der Waals surface area contributed by atoms with Gasteiger partial charge in [0.1, 0.15) is 0 Å². The lowest BCUT2D eigenvalue weighted by atomic mass is 9.94. The maximum atomic E-state index is 5.95. The molecule has 0 saturated carbocycles. The van der Waals surface area contributed by atoms with Gasteiger partial charge in [-0.1, -0.05) is 23.7 Å². The SMILES string of the molecule is S[C@H]1CCOC[C@@H]1Cc1cccc(Cl)c1. The summed E-state index contributed by atoms with van der Waals surface area (Å²) in [4.78, 5) is 0. The van der Waals surface area contributed by atoms with E-state index >= 15 is 0 Å². The van der Waals surface area contributed by atoms with Crippen LogP contribution in [0.15, 0.2) is 24.3 Å². The molecule has 0 amide bonds. The number of hydrogen-bond donors (Lipinski definition) is 1. The third-order valence-electron chi connectivity index (χ3n) is 2.82. The molecule has 1 aliphatic heterocycles. The topological polar surface area (TPSA) is 9.23 Å². The second-order valence-corrected chi connectivity index (χ2v) is 5.12. The zero-order valence-electron chi connectivity index (χ0n) is 8.53. The van der Waals surface area contributed by atoms with Gasteiger partial charge >= 0.3 is 0 Å². The fourth-order valence-electron chi connectivity index (χ4n) is 1.95. The van der Waals surface area contributed by atoms with Gasteiger partial charge in [0.05, 0.1) is 6.61 Å². The van der Waals surface area contributed by atoms with Crippen molar-refractivity contribution in [1.29, 1.82) is 0 Å². The molecule has 3 heteroatoms. The second kappa shape index (κ2) is 5.24. The van der Waals surface area contributed by atoms with E-state index in [0.29, 0.717) is 11.2 Å². The molecule has 1 fully saturated rings. The molecule has 1 aliphatic rings. The third kappa shape index (κ3) is 3.13. The Kier molecular flexibility index (Phi) is 3.95. The molecule has 1 saturated heterocycles. The minimum Gasteiger partial charge on any atom is -0.381 e. The lowest BCUT2D eigenvalue weighted by molar-refractivity contribution is 0.0596. The molecule has 0 unspecified atom stereocenters. The maximum absolute atomic E-state index is 5.95. The van der Waals surface area contributed by atoms with E-state index < -0.39 is 0 Å². The molecule has 0 radical (unpaired) electrons. The van der Waals surface area contributed by atoms with E-state index in [1.54, 1.807) is 0 Å². The summed E-state index contributed by atoms with van der Waals surface area (Å²) >= 11 is 10.5. The van der Waals surface area contributed by atoms with Gasteiger partial charge in [-0.05, 0) is 36.5 Å². The van der Waals surface area contributed by atoms with Crippen molar-refractivity contribution in [2.45, 2.75) is 18.1 Å². The summed E-state index contributed by atoms with van der Waals surface area (Å²) in [6.45, 7) is 1.67. The third-order valence-corrected chi connectivity index (χ3v) is 3.74. The van der Waals surface area contributed by atoms with Gasteiger partial charge in [0.2, 0.25) is 0 Å². The van der Waals surface area contributed by atoms with Crippen LogP contribution in [0.1, 0.15) is 12.0 Å². The lowest BCUT2D eigenvalue weighted by Crippen LogP contribution is -2.29. The molecule has 1 heterocycles. The summed E-state index contributed by atoms with van der Waals surface area (Å²) in [5.41, 5.74) is 1.28. The van der Waals surface area contributed by atoms with Crippen LogP contribution in [0.25, 0.3) is 0 Å². The van der Waals surface area contributed by atoms with Crippen LogP contribution < -0.4 is 0 Å². The Balaban J connectivity index is 2.01. The van der Waals surface area contributed by atoms with Gasteiger partial charge < -0.3 is 4.74 Å². The number of halogens is 1. The van der Waals surface area contributed by atoms with Gasteiger partial charge in [-0.25, -0.2) is 0 Å². The Morgan fingerprint density at radius 3 is 3.07 bits per heavy atom. The van der Waals surface area contributed by atoms with Gasteiger partial charge in [0, 0.05) is 16.9 Å². The summed E-state index contributed by atoms with van der Waals surface area (Å²) in [6.07, 6.45) is 2.06. The highest BCUT2D eigenvalue weighted by atomic mass is 35.5. The first-order valence-corrected chi connectivity index (χ1v) is 6.15. The maximum Gasteiger partial charge on any atom is 0.0507 e. The average Bonchev–Trinajstić information content (AvgIpc) is 2.22. The van der Waals surface area contributed by atoms with Crippen molar-refractivity contribution in [2.75, 3.05) is 13.2 Å².